The molecule has 0 aliphatic carbocycles. The van der Waals surface area contributed by atoms with Gasteiger partial charge in [-0.1, -0.05) is 30.3 Å². The van der Waals surface area contributed by atoms with Gasteiger partial charge in [0.05, 0.1) is 0 Å². The molecule has 2 rings (SSSR count). The van der Waals surface area contributed by atoms with E-state index in [9.17, 15) is 8.42 Å². The van der Waals surface area contributed by atoms with E-state index < -0.39 is 10.1 Å². The molecule has 2 aromatic rings. The lowest BCUT2D eigenvalue weighted by molar-refractivity contribution is 0.486. The maximum atomic E-state index is 12.1. The molecule has 0 radical (unpaired) electrons. The van der Waals surface area contributed by atoms with Gasteiger partial charge in [0, 0.05) is 18.3 Å². The average molecular weight is 289 g/mol. The molecule has 0 heterocycles. The molecule has 0 aromatic heterocycles. The highest BCUT2D eigenvalue weighted by molar-refractivity contribution is 7.87. The molecule has 0 saturated heterocycles. The van der Waals surface area contributed by atoms with Crippen LogP contribution in [0.1, 0.15) is 0 Å². The molecule has 0 unspecified atom stereocenters. The van der Waals surface area contributed by atoms with E-state index in [1.807, 2.05) is 6.07 Å². The number of nitrogens with one attached hydrogen (secondary N) is 1. The van der Waals surface area contributed by atoms with Gasteiger partial charge in [-0.25, -0.2) is 0 Å². The van der Waals surface area contributed by atoms with E-state index in [2.05, 4.69) is 11.9 Å². The van der Waals surface area contributed by atoms with Crippen LogP contribution < -0.4 is 9.50 Å². The summed E-state index contributed by atoms with van der Waals surface area (Å²) in [5.74, 6) is 0.267. The molecule has 0 amide bonds. The van der Waals surface area contributed by atoms with Crippen LogP contribution in [0.25, 0.3) is 0 Å². The fourth-order valence-electron chi connectivity index (χ4n) is 1.61. The highest BCUT2D eigenvalue weighted by Crippen LogP contribution is 2.21. The maximum Gasteiger partial charge on any atom is 0.339 e. The highest BCUT2D eigenvalue weighted by Gasteiger charge is 2.15. The minimum atomic E-state index is -3.80. The summed E-state index contributed by atoms with van der Waals surface area (Å²) in [6.45, 7) is 4.20. The first kappa shape index (κ1) is 14.1. The predicted octanol–water partition coefficient (Wildman–Crippen LogP) is 3.05. The van der Waals surface area contributed by atoms with Gasteiger partial charge < -0.3 is 9.50 Å². The fourth-order valence-corrected chi connectivity index (χ4v) is 2.55. The highest BCUT2D eigenvalue weighted by atomic mass is 32.2. The molecule has 1 N–H and O–H groups in total. The Hall–Kier alpha value is -2.27. The van der Waals surface area contributed by atoms with Crippen LogP contribution in [0.4, 0.5) is 5.69 Å². The van der Waals surface area contributed by atoms with Crippen LogP contribution in [0.5, 0.6) is 5.75 Å². The summed E-state index contributed by atoms with van der Waals surface area (Å²) < 4.78 is 29.3. The largest absolute Gasteiger partial charge is 0.381 e. The van der Waals surface area contributed by atoms with Crippen molar-refractivity contribution in [3.05, 3.63) is 67.3 Å². The summed E-state index contributed by atoms with van der Waals surface area (Å²) in [5, 5.41) is 3.07. The molecular formula is C15H15NO3S. The van der Waals surface area contributed by atoms with Crippen molar-refractivity contribution in [3.63, 3.8) is 0 Å². The molecule has 0 aliphatic rings. The van der Waals surface area contributed by atoms with E-state index in [-0.39, 0.29) is 10.6 Å². The van der Waals surface area contributed by atoms with E-state index in [0.29, 0.717) is 6.54 Å². The summed E-state index contributed by atoms with van der Waals surface area (Å²) in [6.07, 6.45) is 1.72. The van der Waals surface area contributed by atoms with Gasteiger partial charge in [0.1, 0.15) is 10.6 Å². The molecule has 0 bridgehead atoms. The first-order valence-electron chi connectivity index (χ1n) is 6.06. The van der Waals surface area contributed by atoms with Crippen LogP contribution in [0.2, 0.25) is 0 Å². The normalized spacial score (nSPS) is 10.8. The second-order valence-corrected chi connectivity index (χ2v) is 5.59. The van der Waals surface area contributed by atoms with Gasteiger partial charge in [0.15, 0.2) is 0 Å². The van der Waals surface area contributed by atoms with E-state index in [4.69, 9.17) is 4.18 Å². The van der Waals surface area contributed by atoms with Gasteiger partial charge in [0.25, 0.3) is 0 Å². The van der Waals surface area contributed by atoms with Gasteiger partial charge in [-0.2, -0.15) is 8.42 Å². The van der Waals surface area contributed by atoms with E-state index in [1.54, 1.807) is 42.5 Å². The summed E-state index contributed by atoms with van der Waals surface area (Å²) in [4.78, 5) is 0.129. The minimum Gasteiger partial charge on any atom is -0.381 e. The van der Waals surface area contributed by atoms with Gasteiger partial charge >= 0.3 is 10.1 Å². The lowest BCUT2D eigenvalue weighted by Crippen LogP contribution is -2.09. The fraction of sp³-hybridized carbons (Fsp3) is 0.0667. The van der Waals surface area contributed by atoms with Crippen molar-refractivity contribution in [2.24, 2.45) is 0 Å². The maximum absolute atomic E-state index is 12.1. The summed E-state index contributed by atoms with van der Waals surface area (Å²) in [6, 6.07) is 14.8. The van der Waals surface area contributed by atoms with Crippen LogP contribution in [0.15, 0.2) is 72.1 Å². The second-order valence-electron chi connectivity index (χ2n) is 4.05. The summed E-state index contributed by atoms with van der Waals surface area (Å²) in [7, 11) is -3.80. The lowest BCUT2D eigenvalue weighted by Gasteiger charge is -2.09. The molecule has 0 saturated carbocycles. The SMILES string of the molecule is C=CCNc1cccc(OS(=O)(=O)c2ccccc2)c1. The van der Waals surface area contributed by atoms with Crippen LogP contribution in [0.3, 0.4) is 0 Å². The van der Waals surface area contributed by atoms with E-state index in [0.717, 1.165) is 5.69 Å². The van der Waals surface area contributed by atoms with Crippen molar-refractivity contribution >= 4 is 15.8 Å². The number of benzene rings is 2. The van der Waals surface area contributed by atoms with Crippen LogP contribution in [-0.2, 0) is 10.1 Å². The van der Waals surface area contributed by atoms with Gasteiger partial charge in [0.2, 0.25) is 0 Å². The van der Waals surface area contributed by atoms with Crippen molar-refractivity contribution < 1.29 is 12.6 Å². The predicted molar refractivity (Wildman–Crippen MR) is 79.4 cm³/mol. The summed E-state index contributed by atoms with van der Waals surface area (Å²) in [5.41, 5.74) is 0.769. The van der Waals surface area contributed by atoms with Crippen LogP contribution in [0, 0.1) is 0 Å². The number of hydrogen-bond donors (Lipinski definition) is 1. The topological polar surface area (TPSA) is 55.4 Å². The Morgan fingerprint density at radius 1 is 1.10 bits per heavy atom. The molecule has 20 heavy (non-hydrogen) atoms. The monoisotopic (exact) mass is 289 g/mol. The van der Waals surface area contributed by atoms with Gasteiger partial charge in [-0.05, 0) is 24.3 Å². The van der Waals surface area contributed by atoms with Crippen molar-refractivity contribution in [3.8, 4) is 5.75 Å². The first-order chi connectivity index (χ1) is 9.62. The third kappa shape index (κ3) is 3.61. The Kier molecular flexibility index (Phi) is 4.42. The first-order valence-corrected chi connectivity index (χ1v) is 7.47. The summed E-state index contributed by atoms with van der Waals surface area (Å²) >= 11 is 0. The molecular weight excluding hydrogens is 274 g/mol. The zero-order valence-corrected chi connectivity index (χ0v) is 11.6. The Morgan fingerprint density at radius 3 is 2.55 bits per heavy atom. The molecule has 0 fully saturated rings. The van der Waals surface area contributed by atoms with E-state index >= 15 is 0 Å². The Balaban J connectivity index is 2.19. The zero-order chi connectivity index (χ0) is 14.4. The van der Waals surface area contributed by atoms with Crippen molar-refractivity contribution in [1.29, 1.82) is 0 Å². The van der Waals surface area contributed by atoms with Crippen LogP contribution in [-0.4, -0.2) is 15.0 Å². The molecule has 104 valence electrons. The molecule has 2 aromatic carbocycles. The molecule has 5 heteroatoms. The zero-order valence-electron chi connectivity index (χ0n) is 10.8. The average Bonchev–Trinajstić information content (AvgIpc) is 2.46. The smallest absolute Gasteiger partial charge is 0.339 e. The third-order valence-electron chi connectivity index (χ3n) is 2.52. The number of anilines is 1. The van der Waals surface area contributed by atoms with Gasteiger partial charge in [-0.3, -0.25) is 0 Å². The third-order valence-corrected chi connectivity index (χ3v) is 3.78. The molecule has 4 nitrogen and oxygen atoms in total. The number of rotatable bonds is 6. The van der Waals surface area contributed by atoms with Crippen molar-refractivity contribution in [2.45, 2.75) is 4.90 Å². The standard InChI is InChI=1S/C15H15NO3S/c1-2-11-16-13-7-6-8-14(12-13)19-20(17,18)15-9-4-3-5-10-15/h2-10,12,16H,1,11H2. The second kappa shape index (κ2) is 6.25. The van der Waals surface area contributed by atoms with Crippen molar-refractivity contribution in [2.75, 3.05) is 11.9 Å². The Morgan fingerprint density at radius 2 is 1.85 bits per heavy atom. The minimum absolute atomic E-state index is 0.129. The van der Waals surface area contributed by atoms with Gasteiger partial charge in [-0.15, -0.1) is 6.58 Å². The Labute approximate surface area is 118 Å². The van der Waals surface area contributed by atoms with E-state index in [1.165, 1.54) is 12.1 Å². The van der Waals surface area contributed by atoms with Crippen LogP contribution >= 0.6 is 0 Å². The lowest BCUT2D eigenvalue weighted by atomic mass is 10.3. The molecule has 0 spiro atoms. The molecule has 0 aliphatic heterocycles. The number of hydrogen-bond acceptors (Lipinski definition) is 4. The quantitative estimate of drug-likeness (QED) is 0.656. The Bertz CT molecular complexity index is 681. The van der Waals surface area contributed by atoms with Crippen molar-refractivity contribution in [1.82, 2.24) is 0 Å². The molecule has 0 atom stereocenters.